The minimum Gasteiger partial charge on any atom is -0.361 e. The molecule has 2 aliphatic rings. The average molecular weight is 571 g/mol. The van der Waals surface area contributed by atoms with Crippen LogP contribution in [0.1, 0.15) is 50.2 Å². The molecule has 3 aromatic rings. The zero-order valence-electron chi connectivity index (χ0n) is 24.2. The maximum Gasteiger partial charge on any atom is 0.269 e. The fourth-order valence-electron chi connectivity index (χ4n) is 6.42. The summed E-state index contributed by atoms with van der Waals surface area (Å²) < 4.78 is 0. The predicted octanol–water partition coefficient (Wildman–Crippen LogP) is 4.87. The molecule has 1 fully saturated rings. The van der Waals surface area contributed by atoms with Gasteiger partial charge in [0.1, 0.15) is 0 Å². The van der Waals surface area contributed by atoms with Crippen LogP contribution in [0.5, 0.6) is 0 Å². The van der Waals surface area contributed by atoms with Gasteiger partial charge in [0.2, 0.25) is 12.8 Å². The van der Waals surface area contributed by atoms with E-state index in [2.05, 4.69) is 44.5 Å². The molecule has 2 amide bonds. The number of likely N-dealkylation sites (tertiary alicyclic amines) is 1. The van der Waals surface area contributed by atoms with Crippen LogP contribution in [0.25, 0.3) is 10.9 Å². The normalized spacial score (nSPS) is 18.2. The van der Waals surface area contributed by atoms with E-state index in [1.807, 2.05) is 31.0 Å². The first-order valence-corrected chi connectivity index (χ1v) is 14.7. The number of amides is 2. The molecule has 5 rings (SSSR count). The Morgan fingerprint density at radius 1 is 1.10 bits per heavy atom. The van der Waals surface area contributed by atoms with E-state index in [1.54, 1.807) is 12.1 Å². The number of nitrogens with zero attached hydrogens (tertiary/aromatic N) is 4. The quantitative estimate of drug-likeness (QED) is 0.182. The van der Waals surface area contributed by atoms with Crippen molar-refractivity contribution >= 4 is 29.4 Å². The Morgan fingerprint density at radius 2 is 1.83 bits per heavy atom. The number of non-ortho nitro benzene ring substituents is 1. The highest BCUT2D eigenvalue weighted by Gasteiger charge is 2.36. The van der Waals surface area contributed by atoms with E-state index in [-0.39, 0.29) is 11.7 Å². The van der Waals surface area contributed by atoms with Crippen molar-refractivity contribution < 1.29 is 14.5 Å². The molecule has 0 radical (unpaired) electrons. The van der Waals surface area contributed by atoms with Crippen LogP contribution < -0.4 is 5.32 Å². The maximum atomic E-state index is 12.8. The van der Waals surface area contributed by atoms with E-state index >= 15 is 0 Å². The summed E-state index contributed by atoms with van der Waals surface area (Å²) in [6.45, 7) is 7.43. The Morgan fingerprint density at radius 3 is 2.48 bits per heavy atom. The van der Waals surface area contributed by atoms with Gasteiger partial charge in [-0.2, -0.15) is 0 Å². The number of fused-ring (bicyclic) bond motifs is 1. The first-order valence-electron chi connectivity index (χ1n) is 14.7. The topological polar surface area (TPSA) is 115 Å². The molecule has 1 atom stereocenters. The highest BCUT2D eigenvalue weighted by Crippen LogP contribution is 2.41. The number of piperidine rings is 1. The molecule has 1 saturated heterocycles. The van der Waals surface area contributed by atoms with Gasteiger partial charge in [-0.3, -0.25) is 19.7 Å². The van der Waals surface area contributed by atoms with Crippen LogP contribution in [0.2, 0.25) is 0 Å². The zero-order chi connectivity index (χ0) is 29.6. The lowest BCUT2D eigenvalue weighted by molar-refractivity contribution is -0.384. The summed E-state index contributed by atoms with van der Waals surface area (Å²) in [5.74, 6) is -0.446. The van der Waals surface area contributed by atoms with Crippen molar-refractivity contribution in [1.82, 2.24) is 25.0 Å². The summed E-state index contributed by atoms with van der Waals surface area (Å²) in [6, 6.07) is 14.7. The first kappa shape index (κ1) is 29.1. The van der Waals surface area contributed by atoms with Gasteiger partial charge >= 0.3 is 0 Å². The largest absolute Gasteiger partial charge is 0.361 e. The number of carbonyl (C=O) groups excluding carboxylic acids is 2. The van der Waals surface area contributed by atoms with Crippen LogP contribution in [-0.2, 0) is 16.0 Å². The van der Waals surface area contributed by atoms with Crippen LogP contribution >= 0.6 is 0 Å². The van der Waals surface area contributed by atoms with Gasteiger partial charge in [-0.25, -0.2) is 0 Å². The zero-order valence-corrected chi connectivity index (χ0v) is 24.2. The van der Waals surface area contributed by atoms with E-state index in [4.69, 9.17) is 0 Å². The van der Waals surface area contributed by atoms with Gasteiger partial charge in [0.25, 0.3) is 5.69 Å². The Balaban J connectivity index is 1.37. The second-order valence-corrected chi connectivity index (χ2v) is 10.8. The number of nitro groups is 1. The lowest BCUT2D eigenvalue weighted by Gasteiger charge is -2.43. The molecule has 1 aromatic heterocycles. The standard InChI is InChI=1S/C32H38N6O4/c1-3-29-32(34-21-39)31(23-9-11-26(12-10-23)38(41)42)30(20-36(29)4-2)37(22-40)25-14-17-35(18-15-25)16-13-24-19-33-28-8-6-5-7-27(24)28/h5-12,19-22,25,31,33H,3-4,13-18H2,1-2H3,(H,34,39). The smallest absolute Gasteiger partial charge is 0.269 e. The Hall–Kier alpha value is -4.44. The van der Waals surface area contributed by atoms with E-state index in [9.17, 15) is 19.7 Å². The molecular formula is C32H38N6O4. The highest BCUT2D eigenvalue weighted by atomic mass is 16.6. The van der Waals surface area contributed by atoms with Crippen molar-refractivity contribution in [3.05, 3.63) is 99.3 Å². The van der Waals surface area contributed by atoms with Gasteiger partial charge in [0.15, 0.2) is 0 Å². The number of aromatic nitrogens is 1. The highest BCUT2D eigenvalue weighted by molar-refractivity contribution is 5.83. The van der Waals surface area contributed by atoms with Crippen LogP contribution in [0.4, 0.5) is 5.69 Å². The SMILES string of the molecule is CCC1=C(NC=O)C(c2ccc([N+](=O)[O-])cc2)C(N(C=O)C2CCN(CCc3c[nH]c4ccccc34)CC2)=CN1CC. The number of nitro benzene ring substituents is 1. The summed E-state index contributed by atoms with van der Waals surface area (Å²) in [7, 11) is 0. The van der Waals surface area contributed by atoms with Gasteiger partial charge < -0.3 is 25.0 Å². The Kier molecular flexibility index (Phi) is 9.02. The summed E-state index contributed by atoms with van der Waals surface area (Å²) in [4.78, 5) is 45.2. The number of hydrogen-bond acceptors (Lipinski definition) is 6. The molecule has 2 aliphatic heterocycles. The molecule has 220 valence electrons. The van der Waals surface area contributed by atoms with Crippen molar-refractivity contribution in [2.24, 2.45) is 0 Å². The summed E-state index contributed by atoms with van der Waals surface area (Å²) in [5.41, 5.74) is 5.65. The molecule has 0 spiro atoms. The monoisotopic (exact) mass is 570 g/mol. The van der Waals surface area contributed by atoms with Crippen molar-refractivity contribution in [3.8, 4) is 0 Å². The van der Waals surface area contributed by atoms with Crippen LogP contribution in [0.3, 0.4) is 0 Å². The van der Waals surface area contributed by atoms with Gasteiger partial charge in [0.05, 0.1) is 22.2 Å². The Labute approximate surface area is 245 Å². The first-order chi connectivity index (χ1) is 20.5. The number of benzene rings is 2. The molecule has 3 heterocycles. The van der Waals surface area contributed by atoms with E-state index < -0.39 is 10.8 Å². The molecule has 42 heavy (non-hydrogen) atoms. The fraction of sp³-hybridized carbons (Fsp3) is 0.375. The molecule has 10 nitrogen and oxygen atoms in total. The third-order valence-corrected chi connectivity index (χ3v) is 8.59. The van der Waals surface area contributed by atoms with Crippen molar-refractivity contribution in [3.63, 3.8) is 0 Å². The number of hydrogen-bond donors (Lipinski definition) is 2. The summed E-state index contributed by atoms with van der Waals surface area (Å²) in [6.07, 6.45) is 8.95. The third-order valence-electron chi connectivity index (χ3n) is 8.59. The third kappa shape index (κ3) is 5.80. The lowest BCUT2D eigenvalue weighted by Crippen LogP contribution is -2.47. The van der Waals surface area contributed by atoms with Crippen molar-refractivity contribution in [2.75, 3.05) is 26.2 Å². The number of nitrogens with one attached hydrogen (secondary N) is 2. The molecule has 1 unspecified atom stereocenters. The van der Waals surface area contributed by atoms with Crippen molar-refractivity contribution in [1.29, 1.82) is 0 Å². The minimum atomic E-state index is -0.446. The number of aromatic amines is 1. The average Bonchev–Trinajstić information content (AvgIpc) is 3.44. The molecule has 0 saturated carbocycles. The van der Waals surface area contributed by atoms with Crippen molar-refractivity contribution in [2.45, 2.75) is 51.5 Å². The van der Waals surface area contributed by atoms with Gasteiger partial charge in [-0.15, -0.1) is 0 Å². The van der Waals surface area contributed by atoms with E-state index in [1.165, 1.54) is 23.1 Å². The van der Waals surface area contributed by atoms with Crippen LogP contribution in [0, 0.1) is 10.1 Å². The predicted molar refractivity (Wildman–Crippen MR) is 162 cm³/mol. The number of H-pyrrole nitrogens is 1. The summed E-state index contributed by atoms with van der Waals surface area (Å²) >= 11 is 0. The van der Waals surface area contributed by atoms with Gasteiger partial charge in [-0.05, 0) is 49.8 Å². The van der Waals surface area contributed by atoms with Crippen LogP contribution in [-0.4, -0.2) is 69.6 Å². The molecule has 0 bridgehead atoms. The second kappa shape index (κ2) is 13.0. The number of allylic oxidation sites excluding steroid dienone is 1. The molecule has 0 aliphatic carbocycles. The summed E-state index contributed by atoms with van der Waals surface area (Å²) in [5, 5.41) is 15.5. The molecule has 2 aromatic carbocycles. The van der Waals surface area contributed by atoms with Gasteiger partial charge in [-0.1, -0.05) is 37.3 Å². The maximum absolute atomic E-state index is 12.8. The van der Waals surface area contributed by atoms with Crippen LogP contribution in [0.15, 0.2) is 78.0 Å². The van der Waals surface area contributed by atoms with E-state index in [0.29, 0.717) is 25.1 Å². The minimum absolute atomic E-state index is 0.00185. The fourth-order valence-corrected chi connectivity index (χ4v) is 6.42. The Bertz CT molecular complexity index is 1490. The molecule has 10 heteroatoms. The number of rotatable bonds is 12. The number of para-hydroxylation sites is 1. The molecule has 2 N–H and O–H groups in total. The molecular weight excluding hydrogens is 532 g/mol. The van der Waals surface area contributed by atoms with Gasteiger partial charge in [0, 0.05) is 73.4 Å². The second-order valence-electron chi connectivity index (χ2n) is 10.8. The number of carbonyl (C=O) groups is 2. The lowest BCUT2D eigenvalue weighted by atomic mass is 9.86. The van der Waals surface area contributed by atoms with E-state index in [0.717, 1.165) is 67.8 Å².